The number of furan rings is 1. The van der Waals surface area contributed by atoms with Crippen LogP contribution in [0.25, 0.3) is 0 Å². The molecular weight excluding hydrogens is 254 g/mol. The van der Waals surface area contributed by atoms with E-state index >= 15 is 0 Å². The highest BCUT2D eigenvalue weighted by atomic mass is 16.3. The number of hydrazone groups is 1. The predicted octanol–water partition coefficient (Wildman–Crippen LogP) is 2.89. The molecule has 0 fully saturated rings. The quantitative estimate of drug-likeness (QED) is 0.671. The van der Waals surface area contributed by atoms with Gasteiger partial charge in [0.1, 0.15) is 11.5 Å². The SMILES string of the molecule is Cc1ccc(C(C)CC=NNC(=O)c2cccnc2)o1. The molecule has 0 aliphatic carbocycles. The normalized spacial score (nSPS) is 12.5. The summed E-state index contributed by atoms with van der Waals surface area (Å²) in [5, 5.41) is 3.93. The van der Waals surface area contributed by atoms with Gasteiger partial charge in [-0.2, -0.15) is 5.10 Å². The number of aryl methyl sites for hydroxylation is 1. The lowest BCUT2D eigenvalue weighted by molar-refractivity contribution is 0.0954. The average Bonchev–Trinajstić information content (AvgIpc) is 2.91. The van der Waals surface area contributed by atoms with E-state index in [1.807, 2.05) is 26.0 Å². The number of carbonyl (C=O) groups is 1. The maximum absolute atomic E-state index is 11.7. The summed E-state index contributed by atoms with van der Waals surface area (Å²) in [6.45, 7) is 3.96. The van der Waals surface area contributed by atoms with Gasteiger partial charge < -0.3 is 4.42 Å². The third kappa shape index (κ3) is 3.78. The lowest BCUT2D eigenvalue weighted by atomic mass is 10.1. The summed E-state index contributed by atoms with van der Waals surface area (Å²) in [6.07, 6.45) is 5.49. The summed E-state index contributed by atoms with van der Waals surface area (Å²) in [5.41, 5.74) is 2.96. The second-order valence-electron chi connectivity index (χ2n) is 4.58. The summed E-state index contributed by atoms with van der Waals surface area (Å²) in [6, 6.07) is 7.29. The fraction of sp³-hybridized carbons (Fsp3) is 0.267. The van der Waals surface area contributed by atoms with E-state index in [9.17, 15) is 4.79 Å². The first kappa shape index (κ1) is 14.0. The van der Waals surface area contributed by atoms with Gasteiger partial charge in [0.15, 0.2) is 0 Å². The van der Waals surface area contributed by atoms with Crippen molar-refractivity contribution in [1.29, 1.82) is 0 Å². The average molecular weight is 271 g/mol. The Balaban J connectivity index is 1.81. The molecule has 0 spiro atoms. The Kier molecular flexibility index (Phi) is 4.65. The first-order valence-electron chi connectivity index (χ1n) is 6.45. The minimum atomic E-state index is -0.268. The summed E-state index contributed by atoms with van der Waals surface area (Å²) in [4.78, 5) is 15.6. The zero-order chi connectivity index (χ0) is 14.4. The number of amides is 1. The van der Waals surface area contributed by atoms with Crippen LogP contribution in [-0.4, -0.2) is 17.1 Å². The van der Waals surface area contributed by atoms with Gasteiger partial charge in [-0.1, -0.05) is 6.92 Å². The molecule has 5 nitrogen and oxygen atoms in total. The van der Waals surface area contributed by atoms with E-state index in [1.54, 1.807) is 24.5 Å². The molecule has 2 aromatic heterocycles. The summed E-state index contributed by atoms with van der Waals surface area (Å²) < 4.78 is 5.54. The maximum atomic E-state index is 11.7. The smallest absolute Gasteiger partial charge is 0.272 e. The molecule has 0 saturated carbocycles. The number of rotatable bonds is 5. The fourth-order valence-corrected chi connectivity index (χ4v) is 1.71. The van der Waals surface area contributed by atoms with Crippen molar-refractivity contribution >= 4 is 12.1 Å². The molecule has 2 heterocycles. The molecule has 20 heavy (non-hydrogen) atoms. The molecule has 2 aromatic rings. The van der Waals surface area contributed by atoms with E-state index in [2.05, 4.69) is 15.5 Å². The Morgan fingerprint density at radius 2 is 2.35 bits per heavy atom. The van der Waals surface area contributed by atoms with Gasteiger partial charge in [-0.25, -0.2) is 5.43 Å². The van der Waals surface area contributed by atoms with Gasteiger partial charge in [0.25, 0.3) is 5.91 Å². The van der Waals surface area contributed by atoms with Crippen molar-refractivity contribution in [2.45, 2.75) is 26.2 Å². The van der Waals surface area contributed by atoms with Gasteiger partial charge in [-0.05, 0) is 37.6 Å². The summed E-state index contributed by atoms with van der Waals surface area (Å²) >= 11 is 0. The molecule has 2 rings (SSSR count). The molecule has 0 aliphatic rings. The second-order valence-corrected chi connectivity index (χ2v) is 4.58. The number of carbonyl (C=O) groups excluding carboxylic acids is 1. The molecule has 1 amide bonds. The van der Waals surface area contributed by atoms with E-state index in [0.717, 1.165) is 11.5 Å². The van der Waals surface area contributed by atoms with Crippen LogP contribution in [0.1, 0.15) is 41.1 Å². The first-order valence-corrected chi connectivity index (χ1v) is 6.45. The fourth-order valence-electron chi connectivity index (χ4n) is 1.71. The largest absolute Gasteiger partial charge is 0.466 e. The van der Waals surface area contributed by atoms with Crippen LogP contribution in [0.4, 0.5) is 0 Å². The van der Waals surface area contributed by atoms with E-state index in [-0.39, 0.29) is 11.8 Å². The zero-order valence-corrected chi connectivity index (χ0v) is 11.5. The van der Waals surface area contributed by atoms with Crippen molar-refractivity contribution in [3.05, 3.63) is 53.7 Å². The van der Waals surface area contributed by atoms with Crippen molar-refractivity contribution < 1.29 is 9.21 Å². The molecule has 1 N–H and O–H groups in total. The van der Waals surface area contributed by atoms with Crippen molar-refractivity contribution in [3.63, 3.8) is 0 Å². The number of aromatic nitrogens is 1. The van der Waals surface area contributed by atoms with E-state index in [0.29, 0.717) is 12.0 Å². The Morgan fingerprint density at radius 1 is 1.50 bits per heavy atom. The molecule has 0 bridgehead atoms. The monoisotopic (exact) mass is 271 g/mol. The molecular formula is C15H17N3O2. The summed E-state index contributed by atoms with van der Waals surface area (Å²) in [7, 11) is 0. The van der Waals surface area contributed by atoms with Crippen LogP contribution >= 0.6 is 0 Å². The molecule has 5 heteroatoms. The molecule has 0 saturated heterocycles. The highest BCUT2D eigenvalue weighted by molar-refractivity contribution is 5.93. The number of hydrogen-bond donors (Lipinski definition) is 1. The van der Waals surface area contributed by atoms with E-state index < -0.39 is 0 Å². The van der Waals surface area contributed by atoms with Crippen LogP contribution < -0.4 is 5.43 Å². The van der Waals surface area contributed by atoms with Crippen LogP contribution in [-0.2, 0) is 0 Å². The van der Waals surface area contributed by atoms with Gasteiger partial charge in [-0.15, -0.1) is 0 Å². The lowest BCUT2D eigenvalue weighted by Gasteiger charge is -2.04. The summed E-state index contributed by atoms with van der Waals surface area (Å²) in [5.74, 6) is 1.78. The van der Waals surface area contributed by atoms with Gasteiger partial charge in [0, 0.05) is 24.5 Å². The maximum Gasteiger partial charge on any atom is 0.272 e. The van der Waals surface area contributed by atoms with Crippen LogP contribution in [0.5, 0.6) is 0 Å². The Hall–Kier alpha value is -2.43. The Labute approximate surface area is 117 Å². The van der Waals surface area contributed by atoms with Crippen molar-refractivity contribution in [2.75, 3.05) is 0 Å². The minimum Gasteiger partial charge on any atom is -0.466 e. The van der Waals surface area contributed by atoms with Gasteiger partial charge in [0.2, 0.25) is 0 Å². The molecule has 0 aromatic carbocycles. The van der Waals surface area contributed by atoms with Gasteiger partial charge >= 0.3 is 0 Å². The third-order valence-electron chi connectivity index (χ3n) is 2.89. The number of hydrogen-bond acceptors (Lipinski definition) is 4. The van der Waals surface area contributed by atoms with Crippen molar-refractivity contribution in [1.82, 2.24) is 10.4 Å². The van der Waals surface area contributed by atoms with E-state index in [1.165, 1.54) is 6.20 Å². The number of nitrogens with zero attached hydrogens (tertiary/aromatic N) is 2. The Bertz CT molecular complexity index is 590. The number of nitrogens with one attached hydrogen (secondary N) is 1. The molecule has 0 aliphatic heterocycles. The van der Waals surface area contributed by atoms with Gasteiger partial charge in [-0.3, -0.25) is 9.78 Å². The third-order valence-corrected chi connectivity index (χ3v) is 2.89. The van der Waals surface area contributed by atoms with Crippen molar-refractivity contribution in [2.24, 2.45) is 5.10 Å². The standard InChI is InChI=1S/C15H17N3O2/c1-11(14-6-5-12(2)20-14)7-9-17-18-15(19)13-4-3-8-16-10-13/h3-6,8-11H,7H2,1-2H3,(H,18,19). The van der Waals surface area contributed by atoms with Crippen LogP contribution in [0, 0.1) is 6.92 Å². The predicted molar refractivity (Wildman–Crippen MR) is 76.7 cm³/mol. The molecule has 1 atom stereocenters. The minimum absolute atomic E-state index is 0.225. The van der Waals surface area contributed by atoms with E-state index in [4.69, 9.17) is 4.42 Å². The van der Waals surface area contributed by atoms with Gasteiger partial charge in [0.05, 0.1) is 5.56 Å². The molecule has 1 unspecified atom stereocenters. The number of pyridine rings is 1. The van der Waals surface area contributed by atoms with Crippen molar-refractivity contribution in [3.8, 4) is 0 Å². The van der Waals surface area contributed by atoms with Crippen LogP contribution in [0.15, 0.2) is 46.2 Å². The van der Waals surface area contributed by atoms with Crippen LogP contribution in [0.3, 0.4) is 0 Å². The topological polar surface area (TPSA) is 67.5 Å². The lowest BCUT2D eigenvalue weighted by Crippen LogP contribution is -2.17. The molecule has 104 valence electrons. The molecule has 0 radical (unpaired) electrons. The van der Waals surface area contributed by atoms with Crippen LogP contribution in [0.2, 0.25) is 0 Å². The Morgan fingerprint density at radius 3 is 3.00 bits per heavy atom. The highest BCUT2D eigenvalue weighted by Crippen LogP contribution is 2.19. The first-order chi connectivity index (χ1) is 9.66. The highest BCUT2D eigenvalue weighted by Gasteiger charge is 2.08. The second kappa shape index (κ2) is 6.65. The zero-order valence-electron chi connectivity index (χ0n) is 11.5.